The number of hydrogen-bond donors (Lipinski definition) is 3. The van der Waals surface area contributed by atoms with Gasteiger partial charge in [-0.1, -0.05) is 24.3 Å². The molecule has 0 unspecified atom stereocenters. The van der Waals surface area contributed by atoms with Crippen molar-refractivity contribution in [2.75, 3.05) is 6.61 Å². The molecule has 1 heterocycles. The number of carbonyl (C=O) groups is 2. The molecule has 130 valence electrons. The van der Waals surface area contributed by atoms with Crippen molar-refractivity contribution in [3.05, 3.63) is 68.0 Å². The fraction of sp³-hybridized carbons (Fsp3) is 0.294. The van der Waals surface area contributed by atoms with E-state index in [1.54, 1.807) is 0 Å². The quantitative estimate of drug-likeness (QED) is 0.695. The van der Waals surface area contributed by atoms with Gasteiger partial charge in [0.2, 0.25) is 0 Å². The average Bonchev–Trinajstić information content (AvgIpc) is 2.59. The van der Waals surface area contributed by atoms with Gasteiger partial charge in [-0.15, -0.1) is 0 Å². The number of rotatable bonds is 4. The standard InChI is InChI=1S/C17H17N3O5/c21-14-8-13(19-17(24)20-14)16(23)25-9-15(22)18-12-7-3-5-10-4-1-2-6-11(10)12/h1-2,4,6,8,12H,3,5,7,9H2,(H,18,22)(H2,19,20,21,24)/t12-/m0/s1. The van der Waals surface area contributed by atoms with Crippen LogP contribution in [0.2, 0.25) is 0 Å². The Kier molecular flexibility index (Phi) is 4.78. The van der Waals surface area contributed by atoms with Gasteiger partial charge in [0.15, 0.2) is 6.61 Å². The average molecular weight is 343 g/mol. The lowest BCUT2D eigenvalue weighted by Crippen LogP contribution is -2.34. The number of nitrogens with one attached hydrogen (secondary N) is 3. The zero-order chi connectivity index (χ0) is 17.8. The lowest BCUT2D eigenvalue weighted by atomic mass is 9.88. The highest BCUT2D eigenvalue weighted by Crippen LogP contribution is 2.29. The fourth-order valence-corrected chi connectivity index (χ4v) is 2.93. The number of carbonyl (C=O) groups excluding carboxylic acids is 2. The largest absolute Gasteiger partial charge is 0.451 e. The lowest BCUT2D eigenvalue weighted by Gasteiger charge is -2.26. The molecule has 8 nitrogen and oxygen atoms in total. The molecule has 2 aromatic rings. The maximum atomic E-state index is 12.1. The number of amides is 1. The van der Waals surface area contributed by atoms with Crippen LogP contribution < -0.4 is 16.6 Å². The van der Waals surface area contributed by atoms with Crippen LogP contribution in [0, 0.1) is 0 Å². The molecule has 0 fully saturated rings. The van der Waals surface area contributed by atoms with Crippen LogP contribution in [0.15, 0.2) is 39.9 Å². The molecule has 8 heteroatoms. The van der Waals surface area contributed by atoms with E-state index in [-0.39, 0.29) is 11.7 Å². The Bertz CT molecular complexity index is 886. The Balaban J connectivity index is 1.59. The molecule has 1 aromatic heterocycles. The number of ether oxygens (including phenoxy) is 1. The van der Waals surface area contributed by atoms with Gasteiger partial charge < -0.3 is 15.0 Å². The second kappa shape index (κ2) is 7.16. The van der Waals surface area contributed by atoms with Gasteiger partial charge in [-0.2, -0.15) is 0 Å². The number of hydrogen-bond acceptors (Lipinski definition) is 5. The molecule has 0 saturated heterocycles. The molecule has 3 rings (SSSR count). The normalized spacial score (nSPS) is 15.9. The molecule has 1 aliphatic carbocycles. The summed E-state index contributed by atoms with van der Waals surface area (Å²) in [5.74, 6) is -1.38. The topological polar surface area (TPSA) is 121 Å². The summed E-state index contributed by atoms with van der Waals surface area (Å²) in [5, 5.41) is 2.85. The van der Waals surface area contributed by atoms with Crippen molar-refractivity contribution < 1.29 is 14.3 Å². The molecule has 1 aliphatic rings. The van der Waals surface area contributed by atoms with Crippen molar-refractivity contribution in [3.8, 4) is 0 Å². The minimum Gasteiger partial charge on any atom is -0.451 e. The first-order valence-electron chi connectivity index (χ1n) is 7.91. The number of aryl methyl sites for hydroxylation is 1. The second-order valence-corrected chi connectivity index (χ2v) is 5.79. The first kappa shape index (κ1) is 16.7. The first-order chi connectivity index (χ1) is 12.0. The number of benzene rings is 1. The molecule has 0 saturated carbocycles. The van der Waals surface area contributed by atoms with Crippen LogP contribution in [-0.2, 0) is 16.0 Å². The van der Waals surface area contributed by atoms with Crippen LogP contribution in [0.5, 0.6) is 0 Å². The maximum absolute atomic E-state index is 12.1. The van der Waals surface area contributed by atoms with Gasteiger partial charge in [0, 0.05) is 6.07 Å². The smallest absolute Gasteiger partial charge is 0.355 e. The highest BCUT2D eigenvalue weighted by molar-refractivity contribution is 5.89. The molecule has 3 N–H and O–H groups in total. The van der Waals surface area contributed by atoms with Crippen LogP contribution in [0.25, 0.3) is 0 Å². The summed E-state index contributed by atoms with van der Waals surface area (Å²) >= 11 is 0. The van der Waals surface area contributed by atoms with E-state index in [9.17, 15) is 19.2 Å². The number of H-pyrrole nitrogens is 2. The van der Waals surface area contributed by atoms with E-state index in [1.807, 2.05) is 29.2 Å². The van der Waals surface area contributed by atoms with E-state index in [1.165, 1.54) is 5.56 Å². The summed E-state index contributed by atoms with van der Waals surface area (Å²) in [5.41, 5.74) is 0.440. The monoisotopic (exact) mass is 343 g/mol. The summed E-state index contributed by atoms with van der Waals surface area (Å²) in [7, 11) is 0. The third kappa shape index (κ3) is 4.03. The Labute approximate surface area is 142 Å². The summed E-state index contributed by atoms with van der Waals surface area (Å²) in [6, 6.07) is 8.69. The molecule has 0 spiro atoms. The Hall–Kier alpha value is -3.16. The van der Waals surface area contributed by atoms with Crippen molar-refractivity contribution in [2.45, 2.75) is 25.3 Å². The van der Waals surface area contributed by atoms with Gasteiger partial charge in [0.25, 0.3) is 11.5 Å². The molecule has 0 radical (unpaired) electrons. The van der Waals surface area contributed by atoms with Crippen molar-refractivity contribution in [1.82, 2.24) is 15.3 Å². The van der Waals surface area contributed by atoms with E-state index in [2.05, 4.69) is 10.3 Å². The zero-order valence-corrected chi connectivity index (χ0v) is 13.3. The summed E-state index contributed by atoms with van der Waals surface area (Å²) in [6.07, 6.45) is 2.77. The van der Waals surface area contributed by atoms with Gasteiger partial charge >= 0.3 is 11.7 Å². The molecule has 1 amide bonds. The van der Waals surface area contributed by atoms with Gasteiger partial charge in [-0.3, -0.25) is 14.6 Å². The third-order valence-corrected chi connectivity index (χ3v) is 4.02. The molecule has 25 heavy (non-hydrogen) atoms. The zero-order valence-electron chi connectivity index (χ0n) is 13.3. The minimum atomic E-state index is -0.942. The van der Waals surface area contributed by atoms with Crippen molar-refractivity contribution in [3.63, 3.8) is 0 Å². The summed E-state index contributed by atoms with van der Waals surface area (Å²) < 4.78 is 4.86. The van der Waals surface area contributed by atoms with Crippen LogP contribution in [-0.4, -0.2) is 28.5 Å². The van der Waals surface area contributed by atoms with Crippen LogP contribution in [0.3, 0.4) is 0 Å². The Morgan fingerprint density at radius 1 is 1.20 bits per heavy atom. The van der Waals surface area contributed by atoms with Crippen molar-refractivity contribution in [1.29, 1.82) is 0 Å². The van der Waals surface area contributed by atoms with Crippen LogP contribution in [0.4, 0.5) is 0 Å². The fourth-order valence-electron chi connectivity index (χ4n) is 2.93. The van der Waals surface area contributed by atoms with Gasteiger partial charge in [0.1, 0.15) is 5.69 Å². The minimum absolute atomic E-state index is 0.115. The highest BCUT2D eigenvalue weighted by Gasteiger charge is 2.22. The number of esters is 1. The number of aromatic amines is 2. The maximum Gasteiger partial charge on any atom is 0.355 e. The van der Waals surface area contributed by atoms with Crippen LogP contribution in [0.1, 0.15) is 40.5 Å². The summed E-state index contributed by atoms with van der Waals surface area (Å²) in [6.45, 7) is -0.494. The molecular weight excluding hydrogens is 326 g/mol. The van der Waals surface area contributed by atoms with E-state index < -0.39 is 29.7 Å². The van der Waals surface area contributed by atoms with E-state index >= 15 is 0 Å². The van der Waals surface area contributed by atoms with Crippen molar-refractivity contribution >= 4 is 11.9 Å². The van der Waals surface area contributed by atoms with E-state index in [0.29, 0.717) is 0 Å². The van der Waals surface area contributed by atoms with Gasteiger partial charge in [-0.25, -0.2) is 9.59 Å². The van der Waals surface area contributed by atoms with E-state index in [4.69, 9.17) is 4.74 Å². The van der Waals surface area contributed by atoms with Crippen LogP contribution >= 0.6 is 0 Å². The lowest BCUT2D eigenvalue weighted by molar-refractivity contribution is -0.125. The second-order valence-electron chi connectivity index (χ2n) is 5.79. The number of aromatic nitrogens is 2. The Morgan fingerprint density at radius 2 is 2.00 bits per heavy atom. The molecule has 0 bridgehead atoms. The molecular formula is C17H17N3O5. The van der Waals surface area contributed by atoms with Gasteiger partial charge in [0.05, 0.1) is 6.04 Å². The third-order valence-electron chi connectivity index (χ3n) is 4.02. The SMILES string of the molecule is O=C(COC(=O)c1cc(=O)[nH]c(=O)[nH]1)N[C@H]1CCCc2ccccc21. The predicted molar refractivity (Wildman–Crippen MR) is 88.2 cm³/mol. The van der Waals surface area contributed by atoms with Crippen molar-refractivity contribution in [2.24, 2.45) is 0 Å². The predicted octanol–water partition coefficient (Wildman–Crippen LogP) is 0.414. The number of fused-ring (bicyclic) bond motifs is 1. The summed E-state index contributed by atoms with van der Waals surface area (Å²) in [4.78, 5) is 50.3. The molecule has 1 atom stereocenters. The molecule has 0 aliphatic heterocycles. The Morgan fingerprint density at radius 3 is 2.80 bits per heavy atom. The van der Waals surface area contributed by atoms with Gasteiger partial charge in [-0.05, 0) is 30.4 Å². The first-order valence-corrected chi connectivity index (χ1v) is 7.91. The van der Waals surface area contributed by atoms with E-state index in [0.717, 1.165) is 30.9 Å². The highest BCUT2D eigenvalue weighted by atomic mass is 16.5. The molecule has 1 aromatic carbocycles.